The molecule has 19 heavy (non-hydrogen) atoms. The van der Waals surface area contributed by atoms with Gasteiger partial charge in [0, 0.05) is 10.5 Å². The standard InChI is InChI=1S/C14H15BrN2O2/c15-9-6-7-12-11(8-9)13(18)17(14(19)16-12)10-4-2-1-3-5-10/h6-8,10H,1-5H2,(H,16,19). The van der Waals surface area contributed by atoms with Crippen molar-refractivity contribution < 1.29 is 0 Å². The molecule has 1 fully saturated rings. The summed E-state index contributed by atoms with van der Waals surface area (Å²) in [5.74, 6) is 0. The zero-order valence-electron chi connectivity index (χ0n) is 10.5. The molecule has 1 heterocycles. The number of hydrogen-bond acceptors (Lipinski definition) is 2. The number of hydrogen-bond donors (Lipinski definition) is 1. The topological polar surface area (TPSA) is 54.9 Å². The van der Waals surface area contributed by atoms with E-state index in [1.54, 1.807) is 12.1 Å². The summed E-state index contributed by atoms with van der Waals surface area (Å²) in [5.41, 5.74) is 0.143. The highest BCUT2D eigenvalue weighted by atomic mass is 79.9. The lowest BCUT2D eigenvalue weighted by atomic mass is 9.95. The fraction of sp³-hybridized carbons (Fsp3) is 0.429. The van der Waals surface area contributed by atoms with Crippen molar-refractivity contribution in [3.63, 3.8) is 0 Å². The average molecular weight is 323 g/mol. The van der Waals surface area contributed by atoms with E-state index in [1.807, 2.05) is 6.07 Å². The van der Waals surface area contributed by atoms with E-state index in [9.17, 15) is 9.59 Å². The second kappa shape index (κ2) is 4.96. The van der Waals surface area contributed by atoms with E-state index in [0.29, 0.717) is 10.9 Å². The molecule has 100 valence electrons. The highest BCUT2D eigenvalue weighted by Gasteiger charge is 2.19. The molecule has 0 spiro atoms. The monoisotopic (exact) mass is 322 g/mol. The van der Waals surface area contributed by atoms with Gasteiger partial charge in [0.1, 0.15) is 0 Å². The van der Waals surface area contributed by atoms with Crippen molar-refractivity contribution in [3.8, 4) is 0 Å². The minimum atomic E-state index is -0.285. The van der Waals surface area contributed by atoms with E-state index in [4.69, 9.17) is 0 Å². The maximum Gasteiger partial charge on any atom is 0.329 e. The summed E-state index contributed by atoms with van der Waals surface area (Å²) in [6.07, 6.45) is 5.22. The Kier molecular flexibility index (Phi) is 3.31. The molecule has 3 rings (SSSR count). The lowest BCUT2D eigenvalue weighted by Crippen LogP contribution is -2.38. The third-order valence-electron chi connectivity index (χ3n) is 3.83. The molecule has 0 aliphatic heterocycles. The predicted molar refractivity (Wildman–Crippen MR) is 78.7 cm³/mol. The van der Waals surface area contributed by atoms with Crippen molar-refractivity contribution in [2.45, 2.75) is 38.1 Å². The molecular weight excluding hydrogens is 308 g/mol. The zero-order chi connectivity index (χ0) is 13.4. The number of H-pyrrole nitrogens is 1. The van der Waals surface area contributed by atoms with E-state index >= 15 is 0 Å². The van der Waals surface area contributed by atoms with Crippen molar-refractivity contribution in [1.82, 2.24) is 9.55 Å². The first-order valence-corrected chi connectivity index (χ1v) is 7.40. The second-order valence-electron chi connectivity index (χ2n) is 5.09. The fourth-order valence-corrected chi connectivity index (χ4v) is 3.23. The van der Waals surface area contributed by atoms with Crippen LogP contribution in [0.3, 0.4) is 0 Å². The van der Waals surface area contributed by atoms with Crippen LogP contribution in [0.4, 0.5) is 0 Å². The highest BCUT2D eigenvalue weighted by Crippen LogP contribution is 2.26. The van der Waals surface area contributed by atoms with E-state index in [2.05, 4.69) is 20.9 Å². The van der Waals surface area contributed by atoms with Crippen molar-refractivity contribution in [1.29, 1.82) is 0 Å². The maximum absolute atomic E-state index is 12.5. The largest absolute Gasteiger partial charge is 0.329 e. The summed E-state index contributed by atoms with van der Waals surface area (Å²) in [5, 5.41) is 0.569. The summed E-state index contributed by atoms with van der Waals surface area (Å²) in [6, 6.07) is 5.40. The Hall–Kier alpha value is -1.36. The van der Waals surface area contributed by atoms with Gasteiger partial charge in [-0.1, -0.05) is 35.2 Å². The lowest BCUT2D eigenvalue weighted by Gasteiger charge is -2.23. The third kappa shape index (κ3) is 2.27. The molecule has 1 aliphatic carbocycles. The fourth-order valence-electron chi connectivity index (χ4n) is 2.87. The SMILES string of the molecule is O=c1[nH]c2ccc(Br)cc2c(=O)n1C1CCCCC1. The Labute approximate surface area is 118 Å². The van der Waals surface area contributed by atoms with Gasteiger partial charge in [0.2, 0.25) is 0 Å². The summed E-state index contributed by atoms with van der Waals surface area (Å²) in [6.45, 7) is 0. The molecule has 1 saturated carbocycles. The molecule has 1 aromatic heterocycles. The van der Waals surface area contributed by atoms with Gasteiger partial charge in [-0.05, 0) is 31.0 Å². The Morgan fingerprint density at radius 3 is 2.63 bits per heavy atom. The van der Waals surface area contributed by atoms with Crippen molar-refractivity contribution in [2.75, 3.05) is 0 Å². The van der Waals surface area contributed by atoms with E-state index in [1.165, 1.54) is 11.0 Å². The molecule has 0 saturated heterocycles. The molecule has 0 radical (unpaired) electrons. The second-order valence-corrected chi connectivity index (χ2v) is 6.00. The molecule has 0 atom stereocenters. The predicted octanol–water partition coefficient (Wildman–Crippen LogP) is 2.96. The lowest BCUT2D eigenvalue weighted by molar-refractivity contribution is 0.338. The van der Waals surface area contributed by atoms with Crippen LogP contribution < -0.4 is 11.2 Å². The number of aromatic amines is 1. The van der Waals surface area contributed by atoms with Gasteiger partial charge in [0.05, 0.1) is 10.9 Å². The number of benzene rings is 1. The van der Waals surface area contributed by atoms with Gasteiger partial charge in [0.25, 0.3) is 5.56 Å². The van der Waals surface area contributed by atoms with Gasteiger partial charge >= 0.3 is 5.69 Å². The number of halogens is 1. The first kappa shape index (κ1) is 12.7. The highest BCUT2D eigenvalue weighted by molar-refractivity contribution is 9.10. The molecule has 1 aromatic carbocycles. The molecule has 0 unspecified atom stereocenters. The Bertz CT molecular complexity index is 726. The molecule has 4 nitrogen and oxygen atoms in total. The quantitative estimate of drug-likeness (QED) is 0.877. The number of rotatable bonds is 1. The van der Waals surface area contributed by atoms with Crippen LogP contribution >= 0.6 is 15.9 Å². The van der Waals surface area contributed by atoms with Crippen LogP contribution in [0.5, 0.6) is 0 Å². The Morgan fingerprint density at radius 1 is 1.16 bits per heavy atom. The molecule has 0 bridgehead atoms. The van der Waals surface area contributed by atoms with Gasteiger partial charge in [0.15, 0.2) is 0 Å². The Morgan fingerprint density at radius 2 is 1.89 bits per heavy atom. The smallest absolute Gasteiger partial charge is 0.307 e. The molecule has 1 aliphatic rings. The number of nitrogens with one attached hydrogen (secondary N) is 1. The van der Waals surface area contributed by atoms with Gasteiger partial charge in [-0.3, -0.25) is 9.36 Å². The minimum absolute atomic E-state index is 0.0494. The van der Waals surface area contributed by atoms with Crippen molar-refractivity contribution >= 4 is 26.8 Å². The summed E-state index contributed by atoms with van der Waals surface area (Å²) < 4.78 is 2.26. The number of aromatic nitrogens is 2. The van der Waals surface area contributed by atoms with Crippen LogP contribution in [0.2, 0.25) is 0 Å². The zero-order valence-corrected chi connectivity index (χ0v) is 12.1. The molecule has 0 amide bonds. The minimum Gasteiger partial charge on any atom is -0.307 e. The average Bonchev–Trinajstić information content (AvgIpc) is 2.41. The van der Waals surface area contributed by atoms with Crippen LogP contribution in [0.1, 0.15) is 38.1 Å². The maximum atomic E-state index is 12.5. The van der Waals surface area contributed by atoms with E-state index in [-0.39, 0.29) is 17.3 Å². The number of nitrogens with zero attached hydrogens (tertiary/aromatic N) is 1. The van der Waals surface area contributed by atoms with Crippen molar-refractivity contribution in [3.05, 3.63) is 43.5 Å². The van der Waals surface area contributed by atoms with Crippen LogP contribution in [0.25, 0.3) is 10.9 Å². The van der Waals surface area contributed by atoms with Gasteiger partial charge in [-0.25, -0.2) is 4.79 Å². The molecular formula is C14H15BrN2O2. The number of fused-ring (bicyclic) bond motifs is 1. The van der Waals surface area contributed by atoms with Crippen LogP contribution in [0.15, 0.2) is 32.3 Å². The van der Waals surface area contributed by atoms with Gasteiger partial charge in [-0.2, -0.15) is 0 Å². The first-order valence-electron chi connectivity index (χ1n) is 6.61. The third-order valence-corrected chi connectivity index (χ3v) is 4.32. The van der Waals surface area contributed by atoms with Gasteiger partial charge < -0.3 is 4.98 Å². The first-order chi connectivity index (χ1) is 9.16. The van der Waals surface area contributed by atoms with Crippen LogP contribution in [-0.4, -0.2) is 9.55 Å². The van der Waals surface area contributed by atoms with E-state index < -0.39 is 0 Å². The molecule has 5 heteroatoms. The van der Waals surface area contributed by atoms with Gasteiger partial charge in [-0.15, -0.1) is 0 Å². The summed E-state index contributed by atoms with van der Waals surface area (Å²) in [4.78, 5) is 27.5. The summed E-state index contributed by atoms with van der Waals surface area (Å²) >= 11 is 3.37. The molecule has 1 N–H and O–H groups in total. The van der Waals surface area contributed by atoms with Crippen molar-refractivity contribution in [2.24, 2.45) is 0 Å². The van der Waals surface area contributed by atoms with E-state index in [0.717, 1.165) is 30.2 Å². The molecule has 2 aromatic rings. The van der Waals surface area contributed by atoms with Crippen LogP contribution in [-0.2, 0) is 0 Å². The Balaban J connectivity index is 2.24. The van der Waals surface area contributed by atoms with Crippen LogP contribution in [0, 0.1) is 0 Å². The summed E-state index contributed by atoms with van der Waals surface area (Å²) in [7, 11) is 0. The normalized spacial score (nSPS) is 16.9.